The summed E-state index contributed by atoms with van der Waals surface area (Å²) in [5.41, 5.74) is -1.19. The predicted molar refractivity (Wildman–Crippen MR) is 82.2 cm³/mol. The average molecular weight is 399 g/mol. The molecular formula is C15H9ClF6N2O2. The number of alkyl halides is 6. The summed E-state index contributed by atoms with van der Waals surface area (Å²) in [6.45, 7) is 0. The summed E-state index contributed by atoms with van der Waals surface area (Å²) in [7, 11) is 0. The average Bonchev–Trinajstić information content (AvgIpc) is 2.48. The van der Waals surface area contributed by atoms with Gasteiger partial charge in [-0.05, 0) is 42.5 Å². The molecule has 0 heterocycles. The van der Waals surface area contributed by atoms with Crippen LogP contribution in [0.4, 0.5) is 42.5 Å². The highest BCUT2D eigenvalue weighted by atomic mass is 35.5. The van der Waals surface area contributed by atoms with Gasteiger partial charge in [0.05, 0.1) is 10.6 Å². The first-order valence-corrected chi connectivity index (χ1v) is 7.12. The van der Waals surface area contributed by atoms with Gasteiger partial charge in [-0.25, -0.2) is 4.79 Å². The molecule has 0 fully saturated rings. The second kappa shape index (κ2) is 7.32. The van der Waals surface area contributed by atoms with Crippen LogP contribution in [0.3, 0.4) is 0 Å². The highest BCUT2D eigenvalue weighted by Gasteiger charge is 2.33. The molecule has 11 heteroatoms. The van der Waals surface area contributed by atoms with E-state index in [4.69, 9.17) is 11.6 Å². The van der Waals surface area contributed by atoms with Crippen LogP contribution in [0.5, 0.6) is 5.75 Å². The van der Waals surface area contributed by atoms with Crippen LogP contribution in [-0.4, -0.2) is 12.4 Å². The normalized spacial score (nSPS) is 11.8. The molecule has 2 rings (SSSR count). The van der Waals surface area contributed by atoms with Gasteiger partial charge in [-0.3, -0.25) is 0 Å². The number of hydrogen-bond donors (Lipinski definition) is 2. The first-order chi connectivity index (χ1) is 11.9. The van der Waals surface area contributed by atoms with Gasteiger partial charge in [0.2, 0.25) is 0 Å². The molecule has 0 aromatic heterocycles. The van der Waals surface area contributed by atoms with Crippen molar-refractivity contribution in [3.8, 4) is 5.75 Å². The number of amides is 2. The van der Waals surface area contributed by atoms with Crippen LogP contribution < -0.4 is 15.4 Å². The maximum absolute atomic E-state index is 12.8. The van der Waals surface area contributed by atoms with E-state index < -0.39 is 34.9 Å². The molecule has 0 spiro atoms. The van der Waals surface area contributed by atoms with Crippen molar-refractivity contribution in [2.75, 3.05) is 10.6 Å². The lowest BCUT2D eigenvalue weighted by molar-refractivity contribution is -0.274. The number of carbonyl (C=O) groups is 1. The summed E-state index contributed by atoms with van der Waals surface area (Å²) >= 11 is 5.47. The van der Waals surface area contributed by atoms with Crippen molar-refractivity contribution < 1.29 is 35.9 Å². The van der Waals surface area contributed by atoms with Gasteiger partial charge in [-0.2, -0.15) is 13.2 Å². The fourth-order valence-corrected chi connectivity index (χ4v) is 2.08. The number of nitrogens with one attached hydrogen (secondary N) is 2. The predicted octanol–water partition coefficient (Wildman–Crippen LogP) is 5.90. The van der Waals surface area contributed by atoms with Crippen molar-refractivity contribution in [3.05, 3.63) is 53.1 Å². The van der Waals surface area contributed by atoms with E-state index in [0.29, 0.717) is 6.07 Å². The molecular weight excluding hydrogens is 390 g/mol. The zero-order valence-electron chi connectivity index (χ0n) is 12.5. The number of benzene rings is 2. The summed E-state index contributed by atoms with van der Waals surface area (Å²) in [5, 5.41) is 3.89. The molecule has 4 nitrogen and oxygen atoms in total. The highest BCUT2D eigenvalue weighted by molar-refractivity contribution is 6.31. The van der Waals surface area contributed by atoms with E-state index >= 15 is 0 Å². The maximum Gasteiger partial charge on any atom is 0.573 e. The maximum atomic E-state index is 12.8. The molecule has 0 atom stereocenters. The molecule has 2 N–H and O–H groups in total. The quantitative estimate of drug-likeness (QED) is 0.632. The van der Waals surface area contributed by atoms with Crippen LogP contribution >= 0.6 is 11.6 Å². The van der Waals surface area contributed by atoms with E-state index in [9.17, 15) is 31.1 Å². The van der Waals surface area contributed by atoms with Crippen molar-refractivity contribution in [2.24, 2.45) is 0 Å². The number of ether oxygens (including phenoxy) is 1. The van der Waals surface area contributed by atoms with Crippen molar-refractivity contribution >= 4 is 29.0 Å². The van der Waals surface area contributed by atoms with Crippen LogP contribution in [0.1, 0.15) is 5.56 Å². The number of urea groups is 1. The molecule has 0 aliphatic rings. The Bertz CT molecular complexity index is 790. The third-order valence-corrected chi connectivity index (χ3v) is 3.20. The molecule has 26 heavy (non-hydrogen) atoms. The zero-order chi connectivity index (χ0) is 19.5. The van der Waals surface area contributed by atoms with Gasteiger partial charge < -0.3 is 15.4 Å². The van der Waals surface area contributed by atoms with Crippen LogP contribution in [-0.2, 0) is 6.18 Å². The van der Waals surface area contributed by atoms with Gasteiger partial charge in [-0.15, -0.1) is 13.2 Å². The van der Waals surface area contributed by atoms with Gasteiger partial charge in [0.1, 0.15) is 5.75 Å². The molecule has 2 amide bonds. The zero-order valence-corrected chi connectivity index (χ0v) is 13.3. The van der Waals surface area contributed by atoms with Gasteiger partial charge in [0, 0.05) is 11.4 Å². The largest absolute Gasteiger partial charge is 0.573 e. The van der Waals surface area contributed by atoms with Gasteiger partial charge in [0.15, 0.2) is 0 Å². The van der Waals surface area contributed by atoms with Gasteiger partial charge in [0.25, 0.3) is 0 Å². The lowest BCUT2D eigenvalue weighted by Crippen LogP contribution is -2.20. The van der Waals surface area contributed by atoms with Crippen molar-refractivity contribution in [2.45, 2.75) is 12.5 Å². The van der Waals surface area contributed by atoms with E-state index in [1.165, 1.54) is 0 Å². The fraction of sp³-hybridized carbons (Fsp3) is 0.133. The minimum Gasteiger partial charge on any atom is -0.406 e. The Morgan fingerprint density at radius 1 is 0.885 bits per heavy atom. The number of rotatable bonds is 3. The number of carbonyl (C=O) groups excluding carboxylic acids is 1. The van der Waals surface area contributed by atoms with E-state index in [1.54, 1.807) is 0 Å². The summed E-state index contributed by atoms with van der Waals surface area (Å²) < 4.78 is 78.1. The molecule has 140 valence electrons. The summed E-state index contributed by atoms with van der Waals surface area (Å²) in [6.07, 6.45) is -9.54. The molecule has 0 aliphatic carbocycles. The number of hydrogen-bond acceptors (Lipinski definition) is 2. The third kappa shape index (κ3) is 5.73. The Labute approximate surface area is 147 Å². The Kier molecular flexibility index (Phi) is 5.55. The van der Waals surface area contributed by atoms with Crippen LogP contribution in [0.25, 0.3) is 0 Å². The van der Waals surface area contributed by atoms with Crippen molar-refractivity contribution in [1.29, 1.82) is 0 Å². The topological polar surface area (TPSA) is 50.4 Å². The summed E-state index contributed by atoms with van der Waals surface area (Å²) in [4.78, 5) is 11.8. The summed E-state index contributed by atoms with van der Waals surface area (Å²) in [5.74, 6) is -0.490. The number of halogens is 7. The molecule has 0 saturated heterocycles. The van der Waals surface area contributed by atoms with Crippen molar-refractivity contribution in [1.82, 2.24) is 0 Å². The molecule has 0 radical (unpaired) electrons. The Hall–Kier alpha value is -2.62. The van der Waals surface area contributed by atoms with Crippen molar-refractivity contribution in [3.63, 3.8) is 0 Å². The molecule has 2 aromatic carbocycles. The third-order valence-electron chi connectivity index (χ3n) is 2.88. The first-order valence-electron chi connectivity index (χ1n) is 6.74. The Balaban J connectivity index is 2.03. The second-order valence-electron chi connectivity index (χ2n) is 4.84. The van der Waals surface area contributed by atoms with E-state index in [2.05, 4.69) is 15.4 Å². The Morgan fingerprint density at radius 3 is 1.96 bits per heavy atom. The van der Waals surface area contributed by atoms with E-state index in [1.807, 2.05) is 0 Å². The van der Waals surface area contributed by atoms with Gasteiger partial charge in [-0.1, -0.05) is 11.6 Å². The molecule has 0 aliphatic heterocycles. The monoisotopic (exact) mass is 398 g/mol. The van der Waals surface area contributed by atoms with Crippen LogP contribution in [0.15, 0.2) is 42.5 Å². The molecule has 2 aromatic rings. The minimum atomic E-state index is -4.85. The first kappa shape index (κ1) is 19.7. The standard InChI is InChI=1S/C15H9ClF6N2O2/c16-12-6-3-9(7-11(12)14(17,18)19)24-13(25)23-8-1-4-10(5-2-8)26-15(20,21)22/h1-7H,(H2,23,24,25). The Morgan fingerprint density at radius 2 is 1.42 bits per heavy atom. The lowest BCUT2D eigenvalue weighted by atomic mass is 10.2. The lowest BCUT2D eigenvalue weighted by Gasteiger charge is -2.13. The number of anilines is 2. The smallest absolute Gasteiger partial charge is 0.406 e. The van der Waals surface area contributed by atoms with E-state index in [0.717, 1.165) is 36.4 Å². The second-order valence-corrected chi connectivity index (χ2v) is 5.25. The van der Waals surface area contributed by atoms with Crippen LogP contribution in [0.2, 0.25) is 5.02 Å². The fourth-order valence-electron chi connectivity index (χ4n) is 1.85. The molecule has 0 bridgehead atoms. The minimum absolute atomic E-state index is 0.0991. The summed E-state index contributed by atoms with van der Waals surface area (Å²) in [6, 6.07) is 6.08. The van der Waals surface area contributed by atoms with E-state index in [-0.39, 0.29) is 11.4 Å². The highest BCUT2D eigenvalue weighted by Crippen LogP contribution is 2.36. The molecule has 0 saturated carbocycles. The van der Waals surface area contributed by atoms with Crippen LogP contribution in [0, 0.1) is 0 Å². The molecule has 0 unspecified atom stereocenters. The van der Waals surface area contributed by atoms with Gasteiger partial charge >= 0.3 is 18.6 Å². The SMILES string of the molecule is O=C(Nc1ccc(OC(F)(F)F)cc1)Nc1ccc(Cl)c(C(F)(F)F)c1.